The highest BCUT2D eigenvalue weighted by Gasteiger charge is 2.08. The third-order valence-electron chi connectivity index (χ3n) is 3.68. The Morgan fingerprint density at radius 1 is 0.957 bits per heavy atom. The van der Waals surface area contributed by atoms with Crippen LogP contribution in [-0.4, -0.2) is 4.98 Å². The maximum atomic E-state index is 7.24. The van der Waals surface area contributed by atoms with Gasteiger partial charge in [0.15, 0.2) is 5.69 Å². The molecule has 0 unspecified atom stereocenters. The van der Waals surface area contributed by atoms with Crippen LogP contribution in [-0.2, 0) is 0 Å². The van der Waals surface area contributed by atoms with Gasteiger partial charge in [-0.05, 0) is 35.7 Å². The van der Waals surface area contributed by atoms with Gasteiger partial charge in [-0.25, -0.2) is 4.85 Å². The summed E-state index contributed by atoms with van der Waals surface area (Å²) >= 11 is 0. The van der Waals surface area contributed by atoms with E-state index in [1.54, 1.807) is 6.20 Å². The Kier molecular flexibility index (Phi) is 4.31. The van der Waals surface area contributed by atoms with E-state index < -0.39 is 0 Å². The van der Waals surface area contributed by atoms with Gasteiger partial charge in [0.2, 0.25) is 0 Å². The zero-order valence-corrected chi connectivity index (χ0v) is 12.9. The number of nitrogens with zero attached hydrogens (tertiary/aromatic N) is 2. The number of aromatic nitrogens is 1. The van der Waals surface area contributed by atoms with E-state index in [1.807, 2.05) is 48.5 Å². The van der Waals surface area contributed by atoms with Crippen LogP contribution >= 0.6 is 0 Å². The molecule has 0 aliphatic heterocycles. The predicted molar refractivity (Wildman–Crippen MR) is 96.0 cm³/mol. The van der Waals surface area contributed by atoms with Gasteiger partial charge >= 0.3 is 0 Å². The van der Waals surface area contributed by atoms with Gasteiger partial charge in [-0.2, -0.15) is 0 Å². The second kappa shape index (κ2) is 6.72. The van der Waals surface area contributed by atoms with Gasteiger partial charge in [0.05, 0.1) is 12.3 Å². The fourth-order valence-corrected chi connectivity index (χ4v) is 2.49. The summed E-state index contributed by atoms with van der Waals surface area (Å²) in [6.45, 7) is 9.29. The second-order valence-corrected chi connectivity index (χ2v) is 5.30. The smallest absolute Gasteiger partial charge is 0.187 e. The van der Waals surface area contributed by atoms with E-state index in [9.17, 15) is 0 Å². The minimum absolute atomic E-state index is 0.634. The molecular weight excluding hydrogens is 280 g/mol. The Labute approximate surface area is 136 Å². The first kappa shape index (κ1) is 14.7. The highest BCUT2D eigenvalue weighted by molar-refractivity contribution is 5.82. The van der Waals surface area contributed by atoms with Crippen molar-refractivity contribution in [2.45, 2.75) is 6.92 Å². The molecule has 0 spiro atoms. The second-order valence-electron chi connectivity index (χ2n) is 5.30. The number of hydrogen-bond donors (Lipinski definition) is 0. The van der Waals surface area contributed by atoms with Crippen molar-refractivity contribution < 1.29 is 0 Å². The molecule has 3 aromatic rings. The fraction of sp³-hybridized carbons (Fsp3) is 0.0476. The number of hydrogen-bond acceptors (Lipinski definition) is 1. The van der Waals surface area contributed by atoms with E-state index in [0.717, 1.165) is 27.9 Å². The third-order valence-corrected chi connectivity index (χ3v) is 3.68. The van der Waals surface area contributed by atoms with Crippen LogP contribution in [0.4, 0.5) is 5.69 Å². The maximum Gasteiger partial charge on any atom is 0.187 e. The monoisotopic (exact) mass is 296 g/mol. The third kappa shape index (κ3) is 3.36. The van der Waals surface area contributed by atoms with Crippen LogP contribution in [0.5, 0.6) is 0 Å². The van der Waals surface area contributed by atoms with Crippen LogP contribution in [0.2, 0.25) is 0 Å². The zero-order chi connectivity index (χ0) is 16.1. The summed E-state index contributed by atoms with van der Waals surface area (Å²) in [5, 5.41) is 0. The molecule has 0 saturated carbocycles. The first-order valence-electron chi connectivity index (χ1n) is 7.44. The Balaban J connectivity index is 2.09. The highest BCUT2D eigenvalue weighted by atomic mass is 14.7. The summed E-state index contributed by atoms with van der Waals surface area (Å²) in [5.74, 6) is 0. The normalized spacial score (nSPS) is 10.6. The number of pyridine rings is 1. The van der Waals surface area contributed by atoms with Crippen LogP contribution in [0.25, 0.3) is 28.3 Å². The minimum atomic E-state index is 0.634. The molecule has 1 heterocycles. The average Bonchev–Trinajstić information content (AvgIpc) is 2.61. The lowest BCUT2D eigenvalue weighted by Crippen LogP contribution is -1.90. The highest BCUT2D eigenvalue weighted by Crippen LogP contribution is 2.29. The zero-order valence-electron chi connectivity index (χ0n) is 12.9. The van der Waals surface area contributed by atoms with Crippen molar-refractivity contribution in [2.24, 2.45) is 0 Å². The van der Waals surface area contributed by atoms with Gasteiger partial charge in [-0.15, -0.1) is 0 Å². The van der Waals surface area contributed by atoms with Crippen LogP contribution in [0.1, 0.15) is 16.7 Å². The van der Waals surface area contributed by atoms with E-state index in [2.05, 4.69) is 41.0 Å². The van der Waals surface area contributed by atoms with Crippen LogP contribution in [0.3, 0.4) is 0 Å². The predicted octanol–water partition coefficient (Wildman–Crippen LogP) is 5.78. The Bertz CT molecular complexity index is 887. The summed E-state index contributed by atoms with van der Waals surface area (Å²) in [6.07, 6.45) is 5.91. The topological polar surface area (TPSA) is 17.2 Å². The van der Waals surface area contributed by atoms with Crippen LogP contribution in [0, 0.1) is 13.5 Å². The summed E-state index contributed by atoms with van der Waals surface area (Å²) < 4.78 is 0. The average molecular weight is 296 g/mol. The van der Waals surface area contributed by atoms with Crippen molar-refractivity contribution in [3.63, 3.8) is 0 Å². The first-order valence-corrected chi connectivity index (χ1v) is 7.44. The van der Waals surface area contributed by atoms with Gasteiger partial charge in [0, 0.05) is 11.8 Å². The van der Waals surface area contributed by atoms with Crippen molar-refractivity contribution in [3.05, 3.63) is 95.0 Å². The van der Waals surface area contributed by atoms with Crippen LogP contribution in [0.15, 0.2) is 66.9 Å². The first-order chi connectivity index (χ1) is 11.3. The molecule has 0 saturated heterocycles. The molecule has 2 aromatic carbocycles. The molecule has 0 N–H and O–H groups in total. The van der Waals surface area contributed by atoms with Gasteiger partial charge in [-0.3, -0.25) is 4.98 Å². The molecule has 0 atom stereocenters. The summed E-state index contributed by atoms with van der Waals surface area (Å²) in [5.41, 5.74) is 5.89. The quantitative estimate of drug-likeness (QED) is 0.442. The lowest BCUT2D eigenvalue weighted by Gasteiger charge is -2.09. The van der Waals surface area contributed by atoms with Crippen molar-refractivity contribution in [1.29, 1.82) is 0 Å². The molecule has 0 amide bonds. The molecule has 3 rings (SSSR count). The summed E-state index contributed by atoms with van der Waals surface area (Å²) in [7, 11) is 0. The van der Waals surface area contributed by atoms with Crippen molar-refractivity contribution in [2.75, 3.05) is 0 Å². The number of benzene rings is 2. The molecule has 23 heavy (non-hydrogen) atoms. The summed E-state index contributed by atoms with van der Waals surface area (Å²) in [4.78, 5) is 8.05. The molecule has 0 radical (unpaired) electrons. The van der Waals surface area contributed by atoms with Gasteiger partial charge < -0.3 is 0 Å². The molecular formula is C21H16N2. The number of rotatable bonds is 3. The van der Waals surface area contributed by atoms with Crippen molar-refractivity contribution >= 4 is 17.8 Å². The van der Waals surface area contributed by atoms with E-state index in [1.165, 1.54) is 0 Å². The Morgan fingerprint density at radius 2 is 1.78 bits per heavy atom. The Hall–Kier alpha value is -3.18. The lowest BCUT2D eigenvalue weighted by molar-refractivity contribution is 1.27. The van der Waals surface area contributed by atoms with Crippen molar-refractivity contribution in [1.82, 2.24) is 4.98 Å². The Morgan fingerprint density at radius 3 is 2.52 bits per heavy atom. The molecule has 0 aliphatic rings. The molecule has 0 bridgehead atoms. The van der Waals surface area contributed by atoms with Gasteiger partial charge in [0.25, 0.3) is 0 Å². The molecule has 0 fully saturated rings. The summed E-state index contributed by atoms with van der Waals surface area (Å²) in [6, 6.07) is 19.9. The van der Waals surface area contributed by atoms with Gasteiger partial charge in [-0.1, -0.05) is 60.7 Å². The standard InChI is InChI=1S/C21H16N2/c1-16-7-6-14-23-21(16)20-13-12-19(22-2)15-18(20)11-10-17-8-4-3-5-9-17/h3-15H,1H3. The largest absolute Gasteiger partial charge is 0.256 e. The molecule has 2 heteroatoms. The molecule has 110 valence electrons. The van der Waals surface area contributed by atoms with E-state index in [-0.39, 0.29) is 0 Å². The van der Waals surface area contributed by atoms with Gasteiger partial charge in [0.1, 0.15) is 0 Å². The van der Waals surface area contributed by atoms with Crippen LogP contribution < -0.4 is 0 Å². The molecule has 2 nitrogen and oxygen atoms in total. The minimum Gasteiger partial charge on any atom is -0.256 e. The lowest BCUT2D eigenvalue weighted by atomic mass is 9.99. The van der Waals surface area contributed by atoms with Crippen molar-refractivity contribution in [3.8, 4) is 11.3 Å². The van der Waals surface area contributed by atoms with E-state index in [4.69, 9.17) is 6.57 Å². The molecule has 1 aromatic heterocycles. The SMILES string of the molecule is [C-]#[N+]c1ccc(-c2ncccc2C)c(C=Cc2ccccc2)c1. The van der Waals surface area contributed by atoms with E-state index in [0.29, 0.717) is 5.69 Å². The maximum absolute atomic E-state index is 7.24. The fourth-order valence-electron chi connectivity index (χ4n) is 2.49. The number of aryl methyl sites for hydroxylation is 1. The molecule has 0 aliphatic carbocycles. The van der Waals surface area contributed by atoms with E-state index >= 15 is 0 Å².